The lowest BCUT2D eigenvalue weighted by Gasteiger charge is -2.19. The van der Waals surface area contributed by atoms with E-state index in [1.807, 2.05) is 6.21 Å². The van der Waals surface area contributed by atoms with Crippen molar-refractivity contribution in [1.29, 1.82) is 0 Å². The van der Waals surface area contributed by atoms with Gasteiger partial charge in [-0.25, -0.2) is 0 Å². The average Bonchev–Trinajstić information content (AvgIpc) is 1.86. The van der Waals surface area contributed by atoms with Crippen molar-refractivity contribution in [2.45, 2.75) is 19.9 Å². The molecule has 0 amide bonds. The second kappa shape index (κ2) is 1.55. The molecule has 0 bridgehead atoms. The third-order valence-corrected chi connectivity index (χ3v) is 1.68. The Morgan fingerprint density at radius 3 is 2.50 bits per heavy atom. The van der Waals surface area contributed by atoms with Crippen LogP contribution in [0.3, 0.4) is 0 Å². The van der Waals surface area contributed by atoms with Crippen LogP contribution >= 0.6 is 0 Å². The molecule has 2 nitrogen and oxygen atoms in total. The highest BCUT2D eigenvalue weighted by atomic mass is 14.9. The van der Waals surface area contributed by atoms with Crippen LogP contribution < -0.4 is 5.73 Å². The summed E-state index contributed by atoms with van der Waals surface area (Å²) in [6.45, 7) is 5.01. The van der Waals surface area contributed by atoms with Gasteiger partial charge < -0.3 is 5.73 Å². The van der Waals surface area contributed by atoms with E-state index in [-0.39, 0.29) is 11.5 Å². The molecular weight excluding hydrogens is 100 g/mol. The summed E-state index contributed by atoms with van der Waals surface area (Å²) in [6, 6.07) is 0.238. The summed E-state index contributed by atoms with van der Waals surface area (Å²) in [5, 5.41) is 0. The van der Waals surface area contributed by atoms with Gasteiger partial charge in [0.15, 0.2) is 0 Å². The maximum atomic E-state index is 5.69. The van der Waals surface area contributed by atoms with Crippen LogP contribution in [0.15, 0.2) is 4.99 Å². The van der Waals surface area contributed by atoms with Gasteiger partial charge in [0.25, 0.3) is 0 Å². The Bertz CT molecular complexity index is 116. The monoisotopic (exact) mass is 112 g/mol. The fourth-order valence-electron chi connectivity index (χ4n) is 0.733. The number of hydrogen-bond donors (Lipinski definition) is 1. The first-order valence-corrected chi connectivity index (χ1v) is 2.89. The highest BCUT2D eigenvalue weighted by Gasteiger charge is 2.27. The molecule has 0 aliphatic carbocycles. The van der Waals surface area contributed by atoms with Gasteiger partial charge in [0, 0.05) is 17.7 Å². The molecule has 0 fully saturated rings. The molecule has 1 aliphatic rings. The molecule has 46 valence electrons. The predicted octanol–water partition coefficient (Wildman–Crippen LogP) is 0.424. The second-order valence-corrected chi connectivity index (χ2v) is 2.92. The zero-order chi connectivity index (χ0) is 6.20. The van der Waals surface area contributed by atoms with Gasteiger partial charge in [0.2, 0.25) is 0 Å². The lowest BCUT2D eigenvalue weighted by molar-refractivity contribution is 0.448. The third-order valence-electron chi connectivity index (χ3n) is 1.68. The molecule has 8 heavy (non-hydrogen) atoms. The molecule has 1 rings (SSSR count). The number of nitrogens with two attached hydrogens (primary N) is 1. The average molecular weight is 112 g/mol. The Labute approximate surface area is 49.8 Å². The quantitative estimate of drug-likeness (QED) is 0.484. The minimum atomic E-state index is 0.139. The molecule has 0 aromatic heterocycles. The molecule has 0 radical (unpaired) electrons. The van der Waals surface area contributed by atoms with Gasteiger partial charge in [0.1, 0.15) is 0 Å². The fourth-order valence-corrected chi connectivity index (χ4v) is 0.733. The number of hydrogen-bond acceptors (Lipinski definition) is 2. The summed E-state index contributed by atoms with van der Waals surface area (Å²) in [7, 11) is 0. The van der Waals surface area contributed by atoms with E-state index in [9.17, 15) is 0 Å². The van der Waals surface area contributed by atoms with Crippen molar-refractivity contribution in [2.75, 3.05) is 6.54 Å². The molecule has 2 N–H and O–H groups in total. The Morgan fingerprint density at radius 1 is 1.75 bits per heavy atom. The van der Waals surface area contributed by atoms with E-state index >= 15 is 0 Å². The Balaban J connectivity index is 2.67. The minimum Gasteiger partial charge on any atom is -0.325 e. The van der Waals surface area contributed by atoms with Crippen molar-refractivity contribution in [3.05, 3.63) is 0 Å². The summed E-state index contributed by atoms with van der Waals surface area (Å²) in [6.07, 6.45) is 1.94. The lowest BCUT2D eigenvalue weighted by atomic mass is 9.89. The topological polar surface area (TPSA) is 38.4 Å². The molecule has 0 unspecified atom stereocenters. The van der Waals surface area contributed by atoms with Crippen LogP contribution in [0.2, 0.25) is 0 Å². The van der Waals surface area contributed by atoms with Crippen LogP contribution in [-0.2, 0) is 0 Å². The van der Waals surface area contributed by atoms with Gasteiger partial charge in [-0.3, -0.25) is 4.99 Å². The fraction of sp³-hybridized carbons (Fsp3) is 0.833. The smallest absolute Gasteiger partial charge is 0.0546 e. The Hall–Kier alpha value is -0.370. The SMILES string of the molecule is CC1(C)C=NC[C@@H]1N. The maximum Gasteiger partial charge on any atom is 0.0546 e. The first-order chi connectivity index (χ1) is 3.63. The van der Waals surface area contributed by atoms with Crippen molar-refractivity contribution in [2.24, 2.45) is 16.1 Å². The van der Waals surface area contributed by atoms with Crippen LogP contribution in [0.25, 0.3) is 0 Å². The van der Waals surface area contributed by atoms with Gasteiger partial charge in [0.05, 0.1) is 6.54 Å². The van der Waals surface area contributed by atoms with Gasteiger partial charge in [-0.2, -0.15) is 0 Å². The molecule has 2 heteroatoms. The summed E-state index contributed by atoms with van der Waals surface area (Å²) in [5.41, 5.74) is 5.83. The summed E-state index contributed by atoms with van der Waals surface area (Å²) >= 11 is 0. The molecule has 0 spiro atoms. The van der Waals surface area contributed by atoms with Gasteiger partial charge in [-0.1, -0.05) is 13.8 Å². The van der Waals surface area contributed by atoms with Crippen molar-refractivity contribution in [3.8, 4) is 0 Å². The van der Waals surface area contributed by atoms with Crippen molar-refractivity contribution < 1.29 is 0 Å². The highest BCUT2D eigenvalue weighted by Crippen LogP contribution is 2.20. The maximum absolute atomic E-state index is 5.69. The summed E-state index contributed by atoms with van der Waals surface area (Å²) in [4.78, 5) is 4.07. The Kier molecular flexibility index (Phi) is 1.12. The largest absolute Gasteiger partial charge is 0.325 e. The minimum absolute atomic E-state index is 0.139. The third kappa shape index (κ3) is 0.757. The number of rotatable bonds is 0. The zero-order valence-corrected chi connectivity index (χ0v) is 5.39. The van der Waals surface area contributed by atoms with Gasteiger partial charge in [-0.15, -0.1) is 0 Å². The molecule has 0 aromatic rings. The van der Waals surface area contributed by atoms with E-state index in [4.69, 9.17) is 5.73 Å². The Morgan fingerprint density at radius 2 is 2.38 bits per heavy atom. The van der Waals surface area contributed by atoms with Crippen LogP contribution in [0.5, 0.6) is 0 Å². The molecule has 1 heterocycles. The van der Waals surface area contributed by atoms with E-state index in [1.165, 1.54) is 0 Å². The standard InChI is InChI=1S/C6H12N2/c1-6(2)4-8-3-5(6)7/h4-5H,3,7H2,1-2H3/t5-/m0/s1. The highest BCUT2D eigenvalue weighted by molar-refractivity contribution is 5.68. The van der Waals surface area contributed by atoms with E-state index in [2.05, 4.69) is 18.8 Å². The predicted molar refractivity (Wildman–Crippen MR) is 35.1 cm³/mol. The first-order valence-electron chi connectivity index (χ1n) is 2.89. The lowest BCUT2D eigenvalue weighted by Crippen LogP contribution is -2.36. The summed E-state index contributed by atoms with van der Waals surface area (Å²) < 4.78 is 0. The normalized spacial score (nSPS) is 33.6. The molecule has 0 saturated heterocycles. The van der Waals surface area contributed by atoms with Crippen LogP contribution in [0.4, 0.5) is 0 Å². The van der Waals surface area contributed by atoms with E-state index in [0.717, 1.165) is 6.54 Å². The number of nitrogens with zero attached hydrogens (tertiary/aromatic N) is 1. The summed E-state index contributed by atoms with van der Waals surface area (Å²) in [5.74, 6) is 0. The van der Waals surface area contributed by atoms with Crippen LogP contribution in [0.1, 0.15) is 13.8 Å². The van der Waals surface area contributed by atoms with Gasteiger partial charge in [-0.05, 0) is 0 Å². The van der Waals surface area contributed by atoms with E-state index in [1.54, 1.807) is 0 Å². The van der Waals surface area contributed by atoms with Crippen molar-refractivity contribution >= 4 is 6.21 Å². The zero-order valence-electron chi connectivity index (χ0n) is 5.39. The van der Waals surface area contributed by atoms with Crippen molar-refractivity contribution in [1.82, 2.24) is 0 Å². The van der Waals surface area contributed by atoms with E-state index in [0.29, 0.717) is 0 Å². The number of aliphatic imine (C=N–C) groups is 1. The van der Waals surface area contributed by atoms with E-state index < -0.39 is 0 Å². The first kappa shape index (κ1) is 5.76. The van der Waals surface area contributed by atoms with Crippen LogP contribution in [-0.4, -0.2) is 18.8 Å². The molecule has 1 aliphatic heterocycles. The second-order valence-electron chi connectivity index (χ2n) is 2.92. The van der Waals surface area contributed by atoms with Crippen molar-refractivity contribution in [3.63, 3.8) is 0 Å². The molecular formula is C6H12N2. The molecule has 0 saturated carbocycles. The molecule has 1 atom stereocenters. The molecule has 0 aromatic carbocycles. The van der Waals surface area contributed by atoms with Gasteiger partial charge >= 0.3 is 0 Å². The van der Waals surface area contributed by atoms with Crippen LogP contribution in [0, 0.1) is 5.41 Å².